The molecule has 7 aliphatic rings. The number of Topliss-reactive ketones (excluding diaryl/α,β-unsaturated/α-hetero) is 2. The molecule has 0 amide bonds. The number of hydrogen-bond donors (Lipinski definition) is 1. The van der Waals surface area contributed by atoms with Gasteiger partial charge in [-0.3, -0.25) is 14.5 Å². The fourth-order valence-corrected chi connectivity index (χ4v) is 15.8. The topological polar surface area (TPSA) is 57.6 Å². The fourth-order valence-electron chi connectivity index (χ4n) is 14.5. The summed E-state index contributed by atoms with van der Waals surface area (Å²) in [4.78, 5) is 34.9. The Hall–Kier alpha value is -2.99. The Bertz CT molecular complexity index is 2130. The van der Waals surface area contributed by atoms with Crippen LogP contribution >= 0.6 is 11.8 Å². The monoisotopic (exact) mass is 681 g/mol. The van der Waals surface area contributed by atoms with Gasteiger partial charge in [0.1, 0.15) is 11.3 Å². The maximum absolute atomic E-state index is 16.5. The van der Waals surface area contributed by atoms with Gasteiger partial charge in [-0.1, -0.05) is 92.7 Å². The van der Waals surface area contributed by atoms with Gasteiger partial charge in [0.25, 0.3) is 0 Å². The smallest absolute Gasteiger partial charge is 0.189 e. The molecule has 50 heavy (non-hydrogen) atoms. The molecule has 0 unspecified atom stereocenters. The third-order valence-corrected chi connectivity index (χ3v) is 17.5. The quantitative estimate of drug-likeness (QED) is 0.217. The maximum atomic E-state index is 16.5. The molecule has 4 saturated carbocycles. The summed E-state index contributed by atoms with van der Waals surface area (Å²) in [6, 6.07) is 28.3. The summed E-state index contributed by atoms with van der Waals surface area (Å²) in [5.41, 5.74) is 1.02. The molecule has 4 aromatic rings. The van der Waals surface area contributed by atoms with Crippen LogP contribution in [0.1, 0.15) is 92.6 Å². The molecular weight excluding hydrogens is 635 g/mol. The van der Waals surface area contributed by atoms with E-state index < -0.39 is 16.4 Å². The number of carbonyl (C=O) groups excluding carboxylic acids is 2. The predicted molar refractivity (Wildman–Crippen MR) is 200 cm³/mol. The second-order valence-electron chi connectivity index (χ2n) is 17.9. The van der Waals surface area contributed by atoms with Crippen molar-refractivity contribution in [2.24, 2.45) is 39.9 Å². The second-order valence-corrected chi connectivity index (χ2v) is 18.9. The van der Waals surface area contributed by atoms with Gasteiger partial charge in [-0.2, -0.15) is 0 Å². The lowest BCUT2D eigenvalue weighted by molar-refractivity contribution is -0.146. The SMILES string of the molecule is C[C@]12CC[C@H](O)C[C@@H]1CC[C@@H]1[C@@H]2CC[C@]2(C)C(=O)[C@]3(C[C@@H]12)[C@@H](c1cccc2ccccc12)[C@@H]1CSCN1[C@@]31C(=O)c2cccc3cccc1c23. The minimum Gasteiger partial charge on any atom is -0.393 e. The minimum atomic E-state index is -1.02. The number of hydrogen-bond acceptors (Lipinski definition) is 5. The number of aliphatic hydroxyl groups is 1. The lowest BCUT2D eigenvalue weighted by Gasteiger charge is -2.60. The summed E-state index contributed by atoms with van der Waals surface area (Å²) in [5.74, 6) is 4.02. The third-order valence-electron chi connectivity index (χ3n) is 16.4. The lowest BCUT2D eigenvalue weighted by Crippen LogP contribution is -2.58. The van der Waals surface area contributed by atoms with E-state index >= 15 is 9.59 Å². The molecule has 5 aliphatic carbocycles. The fraction of sp³-hybridized carbons (Fsp3) is 0.511. The molecule has 11 atom stereocenters. The third kappa shape index (κ3) is 3.36. The highest BCUT2D eigenvalue weighted by Crippen LogP contribution is 2.78. The number of aliphatic hydroxyl groups excluding tert-OH is 1. The summed E-state index contributed by atoms with van der Waals surface area (Å²) in [6.45, 7) is 4.87. The van der Waals surface area contributed by atoms with E-state index in [1.807, 2.05) is 23.9 Å². The van der Waals surface area contributed by atoms with Crippen LogP contribution in [-0.2, 0) is 10.3 Å². The average Bonchev–Trinajstić information content (AvgIpc) is 3.83. The van der Waals surface area contributed by atoms with Crippen LogP contribution in [0, 0.1) is 39.9 Å². The molecule has 2 aliphatic heterocycles. The van der Waals surface area contributed by atoms with E-state index in [1.54, 1.807) is 0 Å². The Morgan fingerprint density at radius 2 is 1.60 bits per heavy atom. The molecule has 0 aromatic heterocycles. The number of fused-ring (bicyclic) bond motifs is 10. The van der Waals surface area contributed by atoms with Gasteiger partial charge in [0.15, 0.2) is 5.78 Å². The Balaban J connectivity index is 1.18. The van der Waals surface area contributed by atoms with Crippen LogP contribution in [0.25, 0.3) is 21.5 Å². The Morgan fingerprint density at radius 3 is 2.48 bits per heavy atom. The predicted octanol–water partition coefficient (Wildman–Crippen LogP) is 9.13. The van der Waals surface area contributed by atoms with Gasteiger partial charge in [0, 0.05) is 34.6 Å². The largest absolute Gasteiger partial charge is 0.393 e. The number of nitrogens with zero attached hydrogens (tertiary/aromatic N) is 1. The van der Waals surface area contributed by atoms with Crippen LogP contribution in [0.3, 0.4) is 0 Å². The van der Waals surface area contributed by atoms with Crippen LogP contribution in [-0.4, -0.2) is 45.3 Å². The van der Waals surface area contributed by atoms with Crippen LogP contribution in [0.2, 0.25) is 0 Å². The molecule has 6 fully saturated rings. The molecule has 2 heterocycles. The van der Waals surface area contributed by atoms with Crippen molar-refractivity contribution in [1.29, 1.82) is 0 Å². The minimum absolute atomic E-state index is 0.0813. The van der Waals surface area contributed by atoms with E-state index in [-0.39, 0.29) is 35.2 Å². The van der Waals surface area contributed by atoms with Gasteiger partial charge in [-0.25, -0.2) is 0 Å². The summed E-state index contributed by atoms with van der Waals surface area (Å²) >= 11 is 1.94. The zero-order valence-corrected chi connectivity index (χ0v) is 30.1. The number of rotatable bonds is 1. The first kappa shape index (κ1) is 30.6. The van der Waals surface area contributed by atoms with Crippen molar-refractivity contribution in [1.82, 2.24) is 4.90 Å². The Morgan fingerprint density at radius 1 is 0.820 bits per heavy atom. The standard InChI is InChI=1S/C45H47NO3S/c1-42-20-18-29(47)22-28(42)16-17-32-34(42)19-21-43(2)36(32)23-44(41(43)49)39(31-13-5-9-26-8-3-4-12-30(26)31)37-24-50-25-46(37)45(44)35-15-7-11-27-10-6-14-33(38(27)35)40(45)48/h3-15,28-29,32,34,36-37,39,47H,16-25H2,1-2H3/t28-,29-,32+,34-,36-,37-,39-,42-,43-,44-,45-/m0/s1. The summed E-state index contributed by atoms with van der Waals surface area (Å²) in [7, 11) is 0. The molecule has 0 radical (unpaired) electrons. The summed E-state index contributed by atoms with van der Waals surface area (Å²) in [5, 5.41) is 15.3. The highest BCUT2D eigenvalue weighted by molar-refractivity contribution is 7.99. The van der Waals surface area contributed by atoms with Crippen molar-refractivity contribution >= 4 is 44.9 Å². The van der Waals surface area contributed by atoms with E-state index in [9.17, 15) is 5.11 Å². The zero-order chi connectivity index (χ0) is 33.8. The average molecular weight is 682 g/mol. The molecule has 11 rings (SSSR count). The zero-order valence-electron chi connectivity index (χ0n) is 29.2. The van der Waals surface area contributed by atoms with Gasteiger partial charge in [-0.15, -0.1) is 11.8 Å². The summed E-state index contributed by atoms with van der Waals surface area (Å²) in [6.07, 6.45) is 7.82. The van der Waals surface area contributed by atoms with Gasteiger partial charge < -0.3 is 5.11 Å². The van der Waals surface area contributed by atoms with E-state index in [0.29, 0.717) is 23.5 Å². The van der Waals surface area contributed by atoms with Crippen molar-refractivity contribution < 1.29 is 14.7 Å². The van der Waals surface area contributed by atoms with Gasteiger partial charge in [0.05, 0.1) is 11.5 Å². The second kappa shape index (κ2) is 10.1. The molecule has 5 heteroatoms. The van der Waals surface area contributed by atoms with Gasteiger partial charge in [-0.05, 0) is 113 Å². The van der Waals surface area contributed by atoms with Gasteiger partial charge >= 0.3 is 0 Å². The Kier molecular flexibility index (Phi) is 6.19. The molecule has 4 aromatic carbocycles. The molecule has 4 nitrogen and oxygen atoms in total. The van der Waals surface area contributed by atoms with Gasteiger partial charge in [0.2, 0.25) is 0 Å². The maximum Gasteiger partial charge on any atom is 0.189 e. The first-order chi connectivity index (χ1) is 24.2. The van der Waals surface area contributed by atoms with Crippen LogP contribution < -0.4 is 0 Å². The van der Waals surface area contributed by atoms with Crippen molar-refractivity contribution in [2.45, 2.75) is 88.8 Å². The molecular formula is C45H47NO3S. The van der Waals surface area contributed by atoms with Crippen molar-refractivity contribution in [3.63, 3.8) is 0 Å². The van der Waals surface area contributed by atoms with Crippen molar-refractivity contribution in [2.75, 3.05) is 11.6 Å². The van der Waals surface area contributed by atoms with E-state index in [0.717, 1.165) is 84.9 Å². The highest BCUT2D eigenvalue weighted by atomic mass is 32.2. The first-order valence-corrected chi connectivity index (χ1v) is 20.5. The normalized spacial score (nSPS) is 43.1. The van der Waals surface area contributed by atoms with E-state index in [1.165, 1.54) is 16.3 Å². The van der Waals surface area contributed by atoms with E-state index in [4.69, 9.17) is 0 Å². The number of carbonyl (C=O) groups is 2. The van der Waals surface area contributed by atoms with E-state index in [2.05, 4.69) is 85.5 Å². The molecule has 0 bridgehead atoms. The Labute approximate surface area is 299 Å². The highest BCUT2D eigenvalue weighted by Gasteiger charge is 2.82. The molecule has 256 valence electrons. The van der Waals surface area contributed by atoms with Crippen LogP contribution in [0.15, 0.2) is 78.9 Å². The molecule has 2 spiro atoms. The van der Waals surface area contributed by atoms with Crippen LogP contribution in [0.4, 0.5) is 0 Å². The summed E-state index contributed by atoms with van der Waals surface area (Å²) < 4.78 is 0. The first-order valence-electron chi connectivity index (χ1n) is 19.4. The number of thioether (sulfide) groups is 1. The number of ketones is 2. The molecule has 1 N–H and O–H groups in total. The van der Waals surface area contributed by atoms with Crippen molar-refractivity contribution in [3.8, 4) is 0 Å². The number of benzene rings is 4. The lowest BCUT2D eigenvalue weighted by atomic mass is 9.45. The molecule has 2 saturated heterocycles. The van der Waals surface area contributed by atoms with Crippen LogP contribution in [0.5, 0.6) is 0 Å². The van der Waals surface area contributed by atoms with Crippen molar-refractivity contribution in [3.05, 3.63) is 95.6 Å².